The lowest BCUT2D eigenvalue weighted by atomic mass is 9.82. The van der Waals surface area contributed by atoms with Crippen molar-refractivity contribution in [2.24, 2.45) is 5.73 Å². The van der Waals surface area contributed by atoms with Crippen LogP contribution in [0.5, 0.6) is 0 Å². The van der Waals surface area contributed by atoms with Gasteiger partial charge >= 0.3 is 0 Å². The van der Waals surface area contributed by atoms with E-state index in [1.807, 2.05) is 12.1 Å². The molecule has 1 aliphatic rings. The van der Waals surface area contributed by atoms with E-state index in [4.69, 9.17) is 10.5 Å². The molecule has 104 valence electrons. The van der Waals surface area contributed by atoms with Gasteiger partial charge in [-0.15, -0.1) is 0 Å². The van der Waals surface area contributed by atoms with Crippen LogP contribution in [0.1, 0.15) is 29.9 Å². The van der Waals surface area contributed by atoms with Crippen LogP contribution in [0.4, 0.5) is 0 Å². The van der Waals surface area contributed by atoms with Gasteiger partial charge in [0.25, 0.3) is 0 Å². The number of nitrogens with one attached hydrogen (secondary N) is 1. The van der Waals surface area contributed by atoms with Gasteiger partial charge in [-0.2, -0.15) is 0 Å². The fourth-order valence-corrected chi connectivity index (χ4v) is 2.58. The quantitative estimate of drug-likeness (QED) is 0.757. The molecule has 1 aromatic rings. The van der Waals surface area contributed by atoms with E-state index < -0.39 is 0 Å². The molecule has 0 bridgehead atoms. The van der Waals surface area contributed by atoms with Crippen LogP contribution < -0.4 is 11.1 Å². The van der Waals surface area contributed by atoms with Crippen LogP contribution in [0, 0.1) is 0 Å². The Labute approximate surface area is 114 Å². The lowest BCUT2D eigenvalue weighted by Gasteiger charge is -2.24. The highest BCUT2D eigenvalue weighted by Gasteiger charge is 2.25. The number of hydrogen-bond donors (Lipinski definition) is 2. The van der Waals surface area contributed by atoms with Gasteiger partial charge in [0.15, 0.2) is 0 Å². The van der Waals surface area contributed by atoms with E-state index >= 15 is 0 Å². The first-order chi connectivity index (χ1) is 9.33. The molecule has 2 rings (SSSR count). The van der Waals surface area contributed by atoms with Crippen LogP contribution in [0.15, 0.2) is 24.3 Å². The number of benzene rings is 1. The predicted octanol–water partition coefficient (Wildman–Crippen LogP) is 1.20. The van der Waals surface area contributed by atoms with Crippen LogP contribution in [0.2, 0.25) is 0 Å². The number of ether oxygens (including phenoxy) is 1. The first kappa shape index (κ1) is 14.0. The highest BCUT2D eigenvalue weighted by atomic mass is 16.5. The average Bonchev–Trinajstić information content (AvgIpc) is 2.46. The summed E-state index contributed by atoms with van der Waals surface area (Å²) in [6, 6.07) is 8.25. The molecule has 0 radical (unpaired) electrons. The second kappa shape index (κ2) is 7.26. The summed E-state index contributed by atoms with van der Waals surface area (Å²) >= 11 is 0. The molecule has 1 aromatic carbocycles. The molecular formula is C15H22N2O2. The van der Waals surface area contributed by atoms with Gasteiger partial charge in [0, 0.05) is 13.1 Å². The molecule has 0 fully saturated rings. The molecule has 1 unspecified atom stereocenters. The van der Waals surface area contributed by atoms with Crippen LogP contribution in [0.25, 0.3) is 0 Å². The van der Waals surface area contributed by atoms with Crippen molar-refractivity contribution in [1.29, 1.82) is 0 Å². The summed E-state index contributed by atoms with van der Waals surface area (Å²) in [5, 5.41) is 2.95. The molecule has 4 heteroatoms. The number of hydrogen-bond acceptors (Lipinski definition) is 3. The Hall–Kier alpha value is -1.39. The molecule has 0 aliphatic heterocycles. The third-order valence-corrected chi connectivity index (χ3v) is 3.49. The minimum Gasteiger partial charge on any atom is -0.378 e. The first-order valence-corrected chi connectivity index (χ1v) is 6.96. The molecule has 1 atom stereocenters. The maximum absolute atomic E-state index is 12.2. The Kier molecular flexibility index (Phi) is 5.36. The van der Waals surface area contributed by atoms with Gasteiger partial charge in [0.1, 0.15) is 0 Å². The number of rotatable bonds is 6. The number of nitrogens with two attached hydrogens (primary N) is 1. The second-order valence-electron chi connectivity index (χ2n) is 4.84. The SMILES string of the molecule is NCCOCCNC(=O)C1CCCc2ccccc21. The van der Waals surface area contributed by atoms with Crippen molar-refractivity contribution >= 4 is 5.91 Å². The smallest absolute Gasteiger partial charge is 0.227 e. The second-order valence-corrected chi connectivity index (χ2v) is 4.84. The van der Waals surface area contributed by atoms with E-state index in [2.05, 4.69) is 17.4 Å². The standard InChI is InChI=1S/C15H22N2O2/c16-8-10-19-11-9-17-15(18)14-7-3-5-12-4-1-2-6-13(12)14/h1-2,4,6,14H,3,5,7-11,16H2,(H,17,18). The summed E-state index contributed by atoms with van der Waals surface area (Å²) in [4.78, 5) is 12.2. The fourth-order valence-electron chi connectivity index (χ4n) is 2.58. The van der Waals surface area contributed by atoms with Crippen molar-refractivity contribution < 1.29 is 9.53 Å². The summed E-state index contributed by atoms with van der Waals surface area (Å²) in [5.74, 6) is 0.114. The molecule has 1 amide bonds. The summed E-state index contributed by atoms with van der Waals surface area (Å²) in [6.45, 7) is 2.14. The molecule has 0 heterocycles. The lowest BCUT2D eigenvalue weighted by molar-refractivity contribution is -0.123. The van der Waals surface area contributed by atoms with Crippen molar-refractivity contribution in [3.05, 3.63) is 35.4 Å². The van der Waals surface area contributed by atoms with E-state index in [0.717, 1.165) is 19.3 Å². The van der Waals surface area contributed by atoms with Gasteiger partial charge in [-0.3, -0.25) is 4.79 Å². The summed E-state index contributed by atoms with van der Waals surface area (Å²) in [7, 11) is 0. The Morgan fingerprint density at radius 3 is 3.05 bits per heavy atom. The van der Waals surface area contributed by atoms with Crippen molar-refractivity contribution in [3.8, 4) is 0 Å². The van der Waals surface area contributed by atoms with Gasteiger partial charge in [-0.1, -0.05) is 24.3 Å². The molecule has 0 aromatic heterocycles. The predicted molar refractivity (Wildman–Crippen MR) is 75.0 cm³/mol. The molecule has 4 nitrogen and oxygen atoms in total. The van der Waals surface area contributed by atoms with Crippen LogP contribution in [0.3, 0.4) is 0 Å². The molecule has 3 N–H and O–H groups in total. The van der Waals surface area contributed by atoms with Gasteiger partial charge in [-0.05, 0) is 30.4 Å². The summed E-state index contributed by atoms with van der Waals surface area (Å²) in [5.41, 5.74) is 7.83. The lowest BCUT2D eigenvalue weighted by Crippen LogP contribution is -2.33. The van der Waals surface area contributed by atoms with Crippen molar-refractivity contribution in [2.75, 3.05) is 26.3 Å². The molecule has 0 spiro atoms. The molecule has 0 saturated carbocycles. The Morgan fingerprint density at radius 2 is 2.21 bits per heavy atom. The van der Waals surface area contributed by atoms with Crippen LogP contribution >= 0.6 is 0 Å². The topological polar surface area (TPSA) is 64.3 Å². The van der Waals surface area contributed by atoms with Gasteiger partial charge in [0.2, 0.25) is 5.91 Å². The van der Waals surface area contributed by atoms with E-state index in [1.54, 1.807) is 0 Å². The number of aryl methyl sites for hydroxylation is 1. The number of amides is 1. The number of carbonyl (C=O) groups excluding carboxylic acids is 1. The zero-order valence-corrected chi connectivity index (χ0v) is 11.2. The largest absolute Gasteiger partial charge is 0.378 e. The van der Waals surface area contributed by atoms with Crippen molar-refractivity contribution in [1.82, 2.24) is 5.32 Å². The zero-order chi connectivity index (χ0) is 13.5. The Morgan fingerprint density at radius 1 is 1.37 bits per heavy atom. The molecule has 1 aliphatic carbocycles. The minimum atomic E-state index is -0.000501. The van der Waals surface area contributed by atoms with E-state index in [9.17, 15) is 4.79 Å². The highest BCUT2D eigenvalue weighted by Crippen LogP contribution is 2.31. The first-order valence-electron chi connectivity index (χ1n) is 6.96. The van der Waals surface area contributed by atoms with Gasteiger partial charge in [0.05, 0.1) is 19.1 Å². The maximum Gasteiger partial charge on any atom is 0.227 e. The Balaban J connectivity index is 1.86. The third-order valence-electron chi connectivity index (χ3n) is 3.49. The summed E-state index contributed by atoms with van der Waals surface area (Å²) in [6.07, 6.45) is 3.10. The van der Waals surface area contributed by atoms with Crippen molar-refractivity contribution in [2.45, 2.75) is 25.2 Å². The summed E-state index contributed by atoms with van der Waals surface area (Å²) < 4.78 is 5.25. The molecular weight excluding hydrogens is 240 g/mol. The molecule has 0 saturated heterocycles. The Bertz CT molecular complexity index is 420. The monoisotopic (exact) mass is 262 g/mol. The number of fused-ring (bicyclic) bond motifs is 1. The maximum atomic E-state index is 12.2. The fraction of sp³-hybridized carbons (Fsp3) is 0.533. The van der Waals surface area contributed by atoms with Crippen LogP contribution in [-0.2, 0) is 16.0 Å². The van der Waals surface area contributed by atoms with E-state index in [-0.39, 0.29) is 11.8 Å². The van der Waals surface area contributed by atoms with Gasteiger partial charge < -0.3 is 15.8 Å². The zero-order valence-electron chi connectivity index (χ0n) is 11.2. The van der Waals surface area contributed by atoms with Crippen molar-refractivity contribution in [3.63, 3.8) is 0 Å². The van der Waals surface area contributed by atoms with Gasteiger partial charge in [-0.25, -0.2) is 0 Å². The minimum absolute atomic E-state index is 0.000501. The highest BCUT2D eigenvalue weighted by molar-refractivity contribution is 5.84. The van der Waals surface area contributed by atoms with E-state index in [1.165, 1.54) is 11.1 Å². The average molecular weight is 262 g/mol. The number of carbonyl (C=O) groups is 1. The normalized spacial score (nSPS) is 17.8. The van der Waals surface area contributed by atoms with Crippen LogP contribution in [-0.4, -0.2) is 32.2 Å². The third kappa shape index (κ3) is 3.78. The van der Waals surface area contributed by atoms with E-state index in [0.29, 0.717) is 26.3 Å². The molecule has 19 heavy (non-hydrogen) atoms.